The number of fused-ring (bicyclic) bond motifs is 2. The van der Waals surface area contributed by atoms with E-state index in [1.165, 1.54) is 67.3 Å². The van der Waals surface area contributed by atoms with E-state index in [1.54, 1.807) is 58.0 Å². The van der Waals surface area contributed by atoms with Crippen molar-refractivity contribution in [1.82, 2.24) is 9.88 Å². The summed E-state index contributed by atoms with van der Waals surface area (Å²) in [4.78, 5) is 20.1. The molecule has 0 radical (unpaired) electrons. The van der Waals surface area contributed by atoms with Gasteiger partial charge in [-0.25, -0.2) is 21.8 Å². The van der Waals surface area contributed by atoms with Crippen molar-refractivity contribution in [2.24, 2.45) is 10.2 Å². The van der Waals surface area contributed by atoms with Gasteiger partial charge in [-0.2, -0.15) is 5.11 Å². The van der Waals surface area contributed by atoms with Crippen LogP contribution in [0.1, 0.15) is 48.0 Å². The maximum absolute atomic E-state index is 13.0. The minimum absolute atomic E-state index is 0. The first-order chi connectivity index (χ1) is 28.9. The Morgan fingerprint density at radius 1 is 0.871 bits per heavy atom. The summed E-state index contributed by atoms with van der Waals surface area (Å²) in [6.07, 6.45) is -0.00463. The van der Waals surface area contributed by atoms with Crippen LogP contribution in [0.5, 0.6) is 0 Å². The van der Waals surface area contributed by atoms with Crippen LogP contribution < -0.4 is 10.2 Å². The van der Waals surface area contributed by atoms with Crippen LogP contribution in [0.2, 0.25) is 0 Å². The maximum Gasteiger partial charge on any atom is 0.279 e. The fraction of sp³-hybridized carbons (Fsp3) is 0.381. The second kappa shape index (κ2) is 23.1. The van der Waals surface area contributed by atoms with Crippen molar-refractivity contribution < 1.29 is 57.5 Å². The molecule has 0 saturated heterocycles. The summed E-state index contributed by atoms with van der Waals surface area (Å²) in [6, 6.07) is 18.1. The van der Waals surface area contributed by atoms with Gasteiger partial charge in [0.05, 0.1) is 64.6 Å². The van der Waals surface area contributed by atoms with E-state index in [-0.39, 0.29) is 22.1 Å². The molecular formula is C42H57N6O11S3-. The fourth-order valence-corrected chi connectivity index (χ4v) is 9.18. The second-order valence-corrected chi connectivity index (χ2v) is 18.7. The highest BCUT2D eigenvalue weighted by molar-refractivity contribution is 7.86. The summed E-state index contributed by atoms with van der Waals surface area (Å²) in [6.45, 7) is 12.8. The van der Waals surface area contributed by atoms with E-state index in [0.717, 1.165) is 11.3 Å². The maximum atomic E-state index is 13.0. The van der Waals surface area contributed by atoms with Crippen molar-refractivity contribution in [2.75, 3.05) is 45.6 Å². The highest BCUT2D eigenvalue weighted by Gasteiger charge is 2.18. The van der Waals surface area contributed by atoms with Crippen LogP contribution in [-0.2, 0) is 25.0 Å². The van der Waals surface area contributed by atoms with E-state index in [0.29, 0.717) is 52.4 Å². The average Bonchev–Trinajstić information content (AvgIpc) is 3.57. The standard InChI is InChI=1S/C28H22N4O8S3.C9H21NO3.C5H13N.H2/c1-15-9-14-22-25(26(15)43(38,39)40)41-28(30-22)17-10-12-18(13-11-17)31-32-24(16(2)33)27(34)29-21-7-3-6-20-19(21)5-4-8-23(20)42(35,36)37;1-7(11)4-10(5-8(2)12)6-9(3)13;1-4-5-6(2)3;/h3-14,33H,1-2H3,(H,29,34)(H,35,36,37)(H,38,39,40);7-9,11-13H,4-6H2,1-3H3;4-5H2,1-3H3;1H/p-1/b24-16+,32-31?;;;. The lowest BCUT2D eigenvalue weighted by atomic mass is 10.1. The topological polar surface area (TPSA) is 270 Å². The van der Waals surface area contributed by atoms with Gasteiger partial charge in [-0.1, -0.05) is 37.3 Å². The predicted octanol–water partition coefficient (Wildman–Crippen LogP) is 4.96. The van der Waals surface area contributed by atoms with Gasteiger partial charge < -0.3 is 39.7 Å². The normalized spacial score (nSPS) is 13.9. The van der Waals surface area contributed by atoms with Gasteiger partial charge in [0.25, 0.3) is 5.91 Å². The number of aromatic nitrogens is 1. The Kier molecular flexibility index (Phi) is 19.2. The number of hydrogen-bond acceptors (Lipinski definition) is 16. The Hall–Kier alpha value is -4.74. The average molecular weight is 918 g/mol. The lowest BCUT2D eigenvalue weighted by Gasteiger charge is -2.25. The number of hydrogen-bond donors (Lipinski definition) is 6. The molecule has 3 unspecified atom stereocenters. The van der Waals surface area contributed by atoms with Crippen LogP contribution >= 0.6 is 11.3 Å². The van der Waals surface area contributed by atoms with E-state index in [2.05, 4.69) is 41.5 Å². The van der Waals surface area contributed by atoms with E-state index in [4.69, 9.17) is 15.3 Å². The van der Waals surface area contributed by atoms with Crippen LogP contribution in [0, 0.1) is 6.92 Å². The molecule has 1 heterocycles. The second-order valence-electron chi connectivity index (χ2n) is 15.0. The molecule has 0 aliphatic heterocycles. The van der Waals surface area contributed by atoms with Gasteiger partial charge in [-0.05, 0) is 89.1 Å². The van der Waals surface area contributed by atoms with E-state index in [1.807, 2.05) is 4.90 Å². The largest absolute Gasteiger partial charge is 0.744 e. The van der Waals surface area contributed by atoms with Crippen LogP contribution in [0.3, 0.4) is 0 Å². The van der Waals surface area contributed by atoms with Gasteiger partial charge in [0.2, 0.25) is 0 Å². The number of allylic oxidation sites excluding steroid dienone is 1. The third-order valence-electron chi connectivity index (χ3n) is 8.61. The number of thiazole rings is 1. The number of aliphatic hydroxyl groups excluding tert-OH is 4. The van der Waals surface area contributed by atoms with Gasteiger partial charge in [0, 0.05) is 43.1 Å². The quantitative estimate of drug-likeness (QED) is 0.0351. The minimum atomic E-state index is -4.77. The zero-order chi connectivity index (χ0) is 46.5. The third kappa shape index (κ3) is 15.6. The Morgan fingerprint density at radius 2 is 1.44 bits per heavy atom. The number of carbonyl (C=O) groups is 1. The zero-order valence-corrected chi connectivity index (χ0v) is 38.3. The van der Waals surface area contributed by atoms with Crippen molar-refractivity contribution in [3.05, 3.63) is 89.8 Å². The van der Waals surface area contributed by atoms with Crippen LogP contribution in [0.25, 0.3) is 31.6 Å². The molecular weight excluding hydrogens is 861 g/mol. The molecule has 1 aromatic heterocycles. The lowest BCUT2D eigenvalue weighted by Crippen LogP contribution is -3.05. The number of quaternary nitrogens is 1. The van der Waals surface area contributed by atoms with Gasteiger partial charge in [-0.15, -0.1) is 16.5 Å². The number of nitrogens with one attached hydrogen (secondary N) is 2. The molecule has 20 heteroatoms. The molecule has 4 aromatic carbocycles. The SMILES string of the molecule is C/C(O)=C(\N=Nc1ccc(-c2nc3ccc(C)c(S(=O)(=O)[O-])c3s2)cc1)C(=O)Nc1cccc2c(S(=O)(=O)[O-])cccc12.CC(O)CN(CC(C)O)CC(C)O.CCC[NH+](C)C.[HH]. The molecule has 5 rings (SSSR count). The molecule has 340 valence electrons. The molecule has 0 fully saturated rings. The molecule has 5 aromatic rings. The van der Waals surface area contributed by atoms with Gasteiger partial charge >= 0.3 is 0 Å². The lowest BCUT2D eigenvalue weighted by molar-refractivity contribution is -0.858. The predicted molar refractivity (Wildman–Crippen MR) is 240 cm³/mol. The number of aryl methyl sites for hydroxylation is 1. The summed E-state index contributed by atoms with van der Waals surface area (Å²) in [5.74, 6) is -1.27. The molecule has 17 nitrogen and oxygen atoms in total. The Morgan fingerprint density at radius 3 is 1.92 bits per heavy atom. The molecule has 0 saturated carbocycles. The molecule has 6 N–H and O–H groups in total. The number of anilines is 1. The van der Waals surface area contributed by atoms with Crippen molar-refractivity contribution in [3.63, 3.8) is 0 Å². The first-order valence-corrected chi connectivity index (χ1v) is 23.2. The Balaban J connectivity index is 0.000000571. The van der Waals surface area contributed by atoms with Crippen LogP contribution in [-0.4, -0.2) is 121 Å². The molecule has 3 atom stereocenters. The van der Waals surface area contributed by atoms with Crippen molar-refractivity contribution in [2.45, 2.75) is 76.1 Å². The molecule has 0 spiro atoms. The molecule has 0 aliphatic carbocycles. The highest BCUT2D eigenvalue weighted by atomic mass is 32.2. The number of benzene rings is 4. The fourth-order valence-electron chi connectivity index (χ4n) is 6.20. The first-order valence-electron chi connectivity index (χ1n) is 19.5. The van der Waals surface area contributed by atoms with Gasteiger partial charge in [0.15, 0.2) is 5.70 Å². The minimum Gasteiger partial charge on any atom is -0.744 e. The van der Waals surface area contributed by atoms with E-state index >= 15 is 0 Å². The molecule has 0 aliphatic rings. The van der Waals surface area contributed by atoms with Crippen LogP contribution in [0.4, 0.5) is 11.4 Å². The first kappa shape index (κ1) is 51.6. The van der Waals surface area contributed by atoms with Gasteiger partial charge in [0.1, 0.15) is 31.0 Å². The number of aliphatic hydroxyl groups is 4. The van der Waals surface area contributed by atoms with Crippen molar-refractivity contribution in [3.8, 4) is 10.6 Å². The summed E-state index contributed by atoms with van der Waals surface area (Å²) < 4.78 is 70.7. The van der Waals surface area contributed by atoms with Crippen molar-refractivity contribution in [1.29, 1.82) is 0 Å². The summed E-state index contributed by atoms with van der Waals surface area (Å²) in [5.41, 5.74) is 1.41. The third-order valence-corrected chi connectivity index (χ3v) is 11.8. The van der Waals surface area contributed by atoms with Crippen LogP contribution in [0.15, 0.2) is 104 Å². The smallest absolute Gasteiger partial charge is 0.279 e. The highest BCUT2D eigenvalue weighted by Crippen LogP contribution is 2.36. The molecule has 1 amide bonds. The number of azo groups is 1. The van der Waals surface area contributed by atoms with Crippen molar-refractivity contribution >= 4 is 69.8 Å². The number of rotatable bonds is 15. The number of carbonyl (C=O) groups excluding carboxylic acids is 1. The number of amides is 1. The summed E-state index contributed by atoms with van der Waals surface area (Å²) in [7, 11) is -5.13. The van der Waals surface area contributed by atoms with E-state index < -0.39 is 60.8 Å². The zero-order valence-electron chi connectivity index (χ0n) is 35.9. The Labute approximate surface area is 368 Å². The monoisotopic (exact) mass is 917 g/mol. The number of nitrogens with zero attached hydrogens (tertiary/aromatic N) is 4. The summed E-state index contributed by atoms with van der Waals surface area (Å²) >= 11 is 1.07. The van der Waals surface area contributed by atoms with Gasteiger partial charge in [-0.3, -0.25) is 9.69 Å². The molecule has 0 bridgehead atoms. The summed E-state index contributed by atoms with van der Waals surface area (Å²) in [5, 5.41) is 48.9. The van der Waals surface area contributed by atoms with E-state index in [9.17, 15) is 35.8 Å². The molecule has 62 heavy (non-hydrogen) atoms. The Bertz CT molecular complexity index is 2550.